The molecule has 0 amide bonds. The van der Waals surface area contributed by atoms with Crippen LogP contribution in [0.1, 0.15) is 11.3 Å². The number of fused-ring (bicyclic) bond motifs is 1. The van der Waals surface area contributed by atoms with Crippen molar-refractivity contribution in [3.8, 4) is 0 Å². The van der Waals surface area contributed by atoms with Crippen molar-refractivity contribution in [3.63, 3.8) is 0 Å². The minimum absolute atomic E-state index is 0.496. The van der Waals surface area contributed by atoms with Gasteiger partial charge in [-0.3, -0.25) is 0 Å². The van der Waals surface area contributed by atoms with Crippen LogP contribution in [0.2, 0.25) is 0 Å². The highest BCUT2D eigenvalue weighted by molar-refractivity contribution is 5.94. The van der Waals surface area contributed by atoms with Crippen molar-refractivity contribution in [2.45, 2.75) is 13.1 Å². The molecule has 3 rings (SSSR count). The van der Waals surface area contributed by atoms with E-state index in [2.05, 4.69) is 22.0 Å². The third-order valence-electron chi connectivity index (χ3n) is 3.41. The highest BCUT2D eigenvalue weighted by atomic mass is 16.3. The number of nitrogens with two attached hydrogens (primary N) is 1. The molecule has 0 aliphatic heterocycles. The summed E-state index contributed by atoms with van der Waals surface area (Å²) in [5.41, 5.74) is 6.85. The molecule has 0 bridgehead atoms. The van der Waals surface area contributed by atoms with Gasteiger partial charge in [0, 0.05) is 25.2 Å². The Morgan fingerprint density at radius 3 is 2.65 bits per heavy atom. The van der Waals surface area contributed by atoms with Crippen LogP contribution in [-0.4, -0.2) is 12.0 Å². The van der Waals surface area contributed by atoms with E-state index in [-0.39, 0.29) is 0 Å². The summed E-state index contributed by atoms with van der Waals surface area (Å²) in [7, 11) is 2.01. The van der Waals surface area contributed by atoms with E-state index < -0.39 is 0 Å². The monoisotopic (exact) mass is 267 g/mol. The number of hydrogen-bond donors (Lipinski definition) is 1. The molecule has 2 aromatic heterocycles. The lowest BCUT2D eigenvalue weighted by molar-refractivity contribution is 0.507. The van der Waals surface area contributed by atoms with Gasteiger partial charge in [0.2, 0.25) is 0 Å². The van der Waals surface area contributed by atoms with Crippen LogP contribution in [0.5, 0.6) is 0 Å². The Hall–Kier alpha value is -2.33. The second kappa shape index (κ2) is 5.35. The molecule has 0 fully saturated rings. The summed E-state index contributed by atoms with van der Waals surface area (Å²) in [6.07, 6.45) is 3.54. The molecule has 0 aliphatic rings. The van der Waals surface area contributed by atoms with Crippen molar-refractivity contribution in [2.24, 2.45) is 5.73 Å². The maximum absolute atomic E-state index is 5.78. The third kappa shape index (κ3) is 2.26. The summed E-state index contributed by atoms with van der Waals surface area (Å²) >= 11 is 0. The number of pyridine rings is 1. The first-order valence-electron chi connectivity index (χ1n) is 6.60. The van der Waals surface area contributed by atoms with Gasteiger partial charge in [0.25, 0.3) is 0 Å². The van der Waals surface area contributed by atoms with E-state index >= 15 is 0 Å². The SMILES string of the molecule is CN(Cc1ccco1)c1ncc(CN)c2ccccc12. The first-order valence-corrected chi connectivity index (χ1v) is 6.60. The zero-order valence-electron chi connectivity index (χ0n) is 11.4. The van der Waals surface area contributed by atoms with Crippen molar-refractivity contribution >= 4 is 16.6 Å². The second-order valence-corrected chi connectivity index (χ2v) is 4.79. The molecule has 102 valence electrons. The van der Waals surface area contributed by atoms with Gasteiger partial charge in [-0.2, -0.15) is 0 Å². The van der Waals surface area contributed by atoms with Crippen LogP contribution in [0.4, 0.5) is 5.82 Å². The van der Waals surface area contributed by atoms with Gasteiger partial charge in [-0.1, -0.05) is 24.3 Å². The van der Waals surface area contributed by atoms with E-state index in [0.717, 1.165) is 27.9 Å². The summed E-state index contributed by atoms with van der Waals surface area (Å²) in [4.78, 5) is 6.65. The summed E-state index contributed by atoms with van der Waals surface area (Å²) < 4.78 is 5.39. The molecule has 0 atom stereocenters. The van der Waals surface area contributed by atoms with Crippen molar-refractivity contribution in [3.05, 3.63) is 60.2 Å². The van der Waals surface area contributed by atoms with Gasteiger partial charge in [0.1, 0.15) is 11.6 Å². The third-order valence-corrected chi connectivity index (χ3v) is 3.41. The van der Waals surface area contributed by atoms with E-state index in [9.17, 15) is 0 Å². The van der Waals surface area contributed by atoms with Crippen LogP contribution < -0.4 is 10.6 Å². The number of furan rings is 1. The maximum atomic E-state index is 5.78. The van der Waals surface area contributed by atoms with Gasteiger partial charge >= 0.3 is 0 Å². The standard InChI is InChI=1S/C16H17N3O/c1-19(11-13-5-4-8-20-13)16-15-7-3-2-6-14(15)12(9-17)10-18-16/h2-8,10H,9,11,17H2,1H3. The van der Waals surface area contributed by atoms with E-state index in [1.165, 1.54) is 0 Å². The van der Waals surface area contributed by atoms with Crippen LogP contribution in [-0.2, 0) is 13.1 Å². The highest BCUT2D eigenvalue weighted by Crippen LogP contribution is 2.27. The average Bonchev–Trinajstić information content (AvgIpc) is 2.99. The van der Waals surface area contributed by atoms with Gasteiger partial charge in [-0.05, 0) is 23.1 Å². The Kier molecular flexibility index (Phi) is 3.39. The molecule has 0 saturated carbocycles. The van der Waals surface area contributed by atoms with Crippen molar-refractivity contribution in [2.75, 3.05) is 11.9 Å². The molecule has 0 aliphatic carbocycles. The number of hydrogen-bond acceptors (Lipinski definition) is 4. The Morgan fingerprint density at radius 2 is 1.95 bits per heavy atom. The fraction of sp³-hybridized carbons (Fsp3) is 0.188. The molecule has 1 aromatic carbocycles. The van der Waals surface area contributed by atoms with Crippen LogP contribution >= 0.6 is 0 Å². The largest absolute Gasteiger partial charge is 0.467 e. The molecule has 0 unspecified atom stereocenters. The predicted octanol–water partition coefficient (Wildman–Crippen LogP) is 2.92. The predicted molar refractivity (Wildman–Crippen MR) is 80.4 cm³/mol. The van der Waals surface area contributed by atoms with Crippen molar-refractivity contribution in [1.29, 1.82) is 0 Å². The summed E-state index contributed by atoms with van der Waals surface area (Å²) in [6.45, 7) is 1.18. The van der Waals surface area contributed by atoms with E-state index in [1.807, 2.05) is 37.5 Å². The van der Waals surface area contributed by atoms with Crippen molar-refractivity contribution < 1.29 is 4.42 Å². The topological polar surface area (TPSA) is 55.3 Å². The van der Waals surface area contributed by atoms with Gasteiger partial charge in [-0.15, -0.1) is 0 Å². The molecule has 20 heavy (non-hydrogen) atoms. The summed E-state index contributed by atoms with van der Waals surface area (Å²) in [5, 5.41) is 2.27. The average molecular weight is 267 g/mol. The van der Waals surface area contributed by atoms with Gasteiger partial charge in [-0.25, -0.2) is 4.98 Å². The fourth-order valence-electron chi connectivity index (χ4n) is 2.41. The van der Waals surface area contributed by atoms with Crippen LogP contribution in [0.15, 0.2) is 53.3 Å². The smallest absolute Gasteiger partial charge is 0.136 e. The molecular weight excluding hydrogens is 250 g/mol. The van der Waals surface area contributed by atoms with Crippen LogP contribution in [0.3, 0.4) is 0 Å². The van der Waals surface area contributed by atoms with Crippen LogP contribution in [0.25, 0.3) is 10.8 Å². The normalized spacial score (nSPS) is 10.9. The molecule has 3 aromatic rings. The molecule has 0 radical (unpaired) electrons. The summed E-state index contributed by atoms with van der Waals surface area (Å²) in [6, 6.07) is 12.1. The van der Waals surface area contributed by atoms with Gasteiger partial charge in [0.15, 0.2) is 0 Å². The number of anilines is 1. The lowest BCUT2D eigenvalue weighted by Crippen LogP contribution is -2.18. The number of nitrogens with zero attached hydrogens (tertiary/aromatic N) is 2. The number of aromatic nitrogens is 1. The zero-order chi connectivity index (χ0) is 13.9. The Bertz CT molecular complexity index is 707. The number of benzene rings is 1. The van der Waals surface area contributed by atoms with E-state index in [1.54, 1.807) is 6.26 Å². The minimum atomic E-state index is 0.496. The lowest BCUT2D eigenvalue weighted by atomic mass is 10.1. The fourth-order valence-corrected chi connectivity index (χ4v) is 2.41. The highest BCUT2D eigenvalue weighted by Gasteiger charge is 2.11. The number of rotatable bonds is 4. The minimum Gasteiger partial charge on any atom is -0.467 e. The van der Waals surface area contributed by atoms with Gasteiger partial charge < -0.3 is 15.1 Å². The Balaban J connectivity index is 2.03. The second-order valence-electron chi connectivity index (χ2n) is 4.79. The Morgan fingerprint density at radius 1 is 1.15 bits per heavy atom. The molecule has 4 nitrogen and oxygen atoms in total. The molecule has 4 heteroatoms. The lowest BCUT2D eigenvalue weighted by Gasteiger charge is -2.19. The Labute approximate surface area is 117 Å². The molecule has 0 saturated heterocycles. The van der Waals surface area contributed by atoms with Gasteiger partial charge in [0.05, 0.1) is 12.8 Å². The molecule has 0 spiro atoms. The van der Waals surface area contributed by atoms with E-state index in [4.69, 9.17) is 10.2 Å². The maximum Gasteiger partial charge on any atom is 0.136 e. The van der Waals surface area contributed by atoms with Crippen LogP contribution in [0, 0.1) is 0 Å². The zero-order valence-corrected chi connectivity index (χ0v) is 11.4. The molecule has 2 heterocycles. The molecule has 2 N–H and O–H groups in total. The summed E-state index contributed by atoms with van der Waals surface area (Å²) in [5.74, 6) is 1.86. The van der Waals surface area contributed by atoms with Crippen molar-refractivity contribution in [1.82, 2.24) is 4.98 Å². The first kappa shape index (κ1) is 12.7. The molecular formula is C16H17N3O. The van der Waals surface area contributed by atoms with E-state index in [0.29, 0.717) is 13.1 Å². The first-order chi connectivity index (χ1) is 9.79. The quantitative estimate of drug-likeness (QED) is 0.789.